The van der Waals surface area contributed by atoms with Gasteiger partial charge in [-0.2, -0.15) is 0 Å². The van der Waals surface area contributed by atoms with E-state index in [0.29, 0.717) is 17.5 Å². The number of oxazole rings is 1. The van der Waals surface area contributed by atoms with Crippen LogP contribution < -0.4 is 5.32 Å². The minimum absolute atomic E-state index is 0.0332. The third-order valence-corrected chi connectivity index (χ3v) is 4.35. The fourth-order valence-electron chi connectivity index (χ4n) is 3.13. The second kappa shape index (κ2) is 5.53. The minimum Gasteiger partial charge on any atom is -0.451 e. The molecule has 0 aliphatic heterocycles. The molecule has 1 aromatic heterocycles. The van der Waals surface area contributed by atoms with E-state index in [9.17, 15) is 4.79 Å². The van der Waals surface area contributed by atoms with Gasteiger partial charge in [0.25, 0.3) is 0 Å². The monoisotopic (exact) mass is 304 g/mol. The lowest BCUT2D eigenvalue weighted by atomic mass is 9.58. The van der Waals surface area contributed by atoms with Gasteiger partial charge >= 0.3 is 0 Å². The molecule has 0 bridgehead atoms. The summed E-state index contributed by atoms with van der Waals surface area (Å²) in [4.78, 5) is 16.7. The molecule has 1 saturated carbocycles. The first-order valence-electron chi connectivity index (χ1n) is 7.01. The van der Waals surface area contributed by atoms with E-state index < -0.39 is 5.41 Å². The van der Waals surface area contributed by atoms with Gasteiger partial charge in [-0.1, -0.05) is 30.7 Å². The molecule has 0 saturated heterocycles. The number of carbonyl (C=O) groups excluding carboxylic acids is 1. The third-order valence-electron chi connectivity index (χ3n) is 4.12. The van der Waals surface area contributed by atoms with Gasteiger partial charge in [-0.25, -0.2) is 4.98 Å². The van der Waals surface area contributed by atoms with Crippen LogP contribution in [0.4, 0.5) is 0 Å². The molecule has 21 heavy (non-hydrogen) atoms. The Bertz CT molecular complexity index is 633. The lowest BCUT2D eigenvalue weighted by Crippen LogP contribution is -2.52. The van der Waals surface area contributed by atoms with E-state index in [4.69, 9.17) is 16.0 Å². The zero-order valence-electron chi connectivity index (χ0n) is 11.8. The van der Waals surface area contributed by atoms with Gasteiger partial charge < -0.3 is 9.73 Å². The summed E-state index contributed by atoms with van der Waals surface area (Å²) >= 11 is 6.08. The summed E-state index contributed by atoms with van der Waals surface area (Å²) in [5.74, 6) is 0.577. The van der Waals surface area contributed by atoms with Crippen LogP contribution in [0.5, 0.6) is 0 Å². The minimum atomic E-state index is -0.464. The van der Waals surface area contributed by atoms with Gasteiger partial charge in [-0.3, -0.25) is 4.79 Å². The van der Waals surface area contributed by atoms with Gasteiger partial charge in [-0.05, 0) is 36.5 Å². The van der Waals surface area contributed by atoms with E-state index in [-0.39, 0.29) is 5.91 Å². The zero-order valence-corrected chi connectivity index (χ0v) is 12.6. The van der Waals surface area contributed by atoms with E-state index in [0.717, 1.165) is 24.1 Å². The Balaban J connectivity index is 1.79. The molecule has 1 amide bonds. The maximum absolute atomic E-state index is 12.7. The molecule has 2 aromatic rings. The number of amides is 1. The topological polar surface area (TPSA) is 55.1 Å². The largest absolute Gasteiger partial charge is 0.451 e. The molecule has 4 nitrogen and oxygen atoms in total. The second-order valence-electron chi connectivity index (χ2n) is 5.77. The molecule has 1 aliphatic carbocycles. The predicted molar refractivity (Wildman–Crippen MR) is 79.9 cm³/mol. The summed E-state index contributed by atoms with van der Waals surface area (Å²) in [6, 6.07) is 7.60. The number of hydrogen-bond acceptors (Lipinski definition) is 3. The Hall–Kier alpha value is -1.81. The Labute approximate surface area is 128 Å². The highest BCUT2D eigenvalue weighted by Crippen LogP contribution is 2.48. The molecular formula is C16H17ClN2O2. The van der Waals surface area contributed by atoms with Crippen LogP contribution in [0, 0.1) is 5.92 Å². The summed E-state index contributed by atoms with van der Waals surface area (Å²) in [5, 5.41) is 3.62. The number of nitrogens with zero attached hydrogens (tertiary/aromatic N) is 1. The number of halogens is 1. The molecule has 5 heteroatoms. The fraction of sp³-hybridized carbons (Fsp3) is 0.375. The van der Waals surface area contributed by atoms with Crippen LogP contribution in [0.1, 0.15) is 31.0 Å². The average Bonchev–Trinajstić information content (AvgIpc) is 2.94. The van der Waals surface area contributed by atoms with Gasteiger partial charge in [0.05, 0.1) is 17.7 Å². The maximum Gasteiger partial charge on any atom is 0.230 e. The second-order valence-corrected chi connectivity index (χ2v) is 6.20. The summed E-state index contributed by atoms with van der Waals surface area (Å²) in [6.07, 6.45) is 4.59. The molecule has 1 fully saturated rings. The van der Waals surface area contributed by atoms with Gasteiger partial charge in [-0.15, -0.1) is 0 Å². The van der Waals surface area contributed by atoms with Crippen molar-refractivity contribution in [3.05, 3.63) is 53.2 Å². The van der Waals surface area contributed by atoms with Crippen LogP contribution in [0.3, 0.4) is 0 Å². The van der Waals surface area contributed by atoms with Crippen molar-refractivity contribution < 1.29 is 9.21 Å². The van der Waals surface area contributed by atoms with Crippen LogP contribution in [-0.4, -0.2) is 10.9 Å². The Morgan fingerprint density at radius 3 is 2.95 bits per heavy atom. The number of benzene rings is 1. The lowest BCUT2D eigenvalue weighted by molar-refractivity contribution is -0.132. The molecule has 0 spiro atoms. The predicted octanol–water partition coefficient (Wildman–Crippen LogP) is 3.31. The van der Waals surface area contributed by atoms with Crippen LogP contribution in [-0.2, 0) is 16.8 Å². The number of nitrogens with one attached hydrogen (secondary N) is 1. The van der Waals surface area contributed by atoms with Crippen molar-refractivity contribution in [2.45, 2.75) is 31.7 Å². The summed E-state index contributed by atoms with van der Waals surface area (Å²) < 4.78 is 4.91. The highest BCUT2D eigenvalue weighted by Gasteiger charge is 2.49. The average molecular weight is 305 g/mol. The van der Waals surface area contributed by atoms with Gasteiger partial charge in [0, 0.05) is 5.02 Å². The molecule has 1 aliphatic rings. The number of aromatic nitrogens is 1. The van der Waals surface area contributed by atoms with E-state index in [2.05, 4.69) is 17.2 Å². The molecule has 0 radical (unpaired) electrons. The zero-order chi connectivity index (χ0) is 14.9. The highest BCUT2D eigenvalue weighted by atomic mass is 35.5. The van der Waals surface area contributed by atoms with E-state index in [1.165, 1.54) is 12.7 Å². The molecule has 1 N–H and O–H groups in total. The molecule has 1 heterocycles. The summed E-state index contributed by atoms with van der Waals surface area (Å²) in [5.41, 5.74) is 1.25. The third kappa shape index (κ3) is 2.68. The summed E-state index contributed by atoms with van der Waals surface area (Å²) in [6.45, 7) is 2.54. The van der Waals surface area contributed by atoms with Crippen molar-refractivity contribution in [2.75, 3.05) is 0 Å². The molecule has 0 atom stereocenters. The standard InChI is InChI=1S/C16H17ClN2O2/c1-11-6-16(7-11,12-3-2-4-13(17)5-12)15(20)18-8-14-9-21-10-19-14/h2-5,9-11H,6-8H2,1H3,(H,18,20). The van der Waals surface area contributed by atoms with E-state index in [1.54, 1.807) is 0 Å². The van der Waals surface area contributed by atoms with Crippen molar-refractivity contribution in [1.82, 2.24) is 10.3 Å². The summed E-state index contributed by atoms with van der Waals surface area (Å²) in [7, 11) is 0. The fourth-order valence-corrected chi connectivity index (χ4v) is 3.32. The van der Waals surface area contributed by atoms with Crippen molar-refractivity contribution in [1.29, 1.82) is 0 Å². The maximum atomic E-state index is 12.7. The van der Waals surface area contributed by atoms with Gasteiger partial charge in [0.15, 0.2) is 6.39 Å². The quantitative estimate of drug-likeness (QED) is 0.943. The Morgan fingerprint density at radius 2 is 2.33 bits per heavy atom. The number of rotatable bonds is 4. The molecular weight excluding hydrogens is 288 g/mol. The molecule has 110 valence electrons. The first kappa shape index (κ1) is 14.1. The normalized spacial score (nSPS) is 24.4. The smallest absolute Gasteiger partial charge is 0.230 e. The van der Waals surface area contributed by atoms with Crippen molar-refractivity contribution >= 4 is 17.5 Å². The van der Waals surface area contributed by atoms with Crippen molar-refractivity contribution in [2.24, 2.45) is 5.92 Å². The SMILES string of the molecule is CC1CC(C(=O)NCc2cocn2)(c2cccc(Cl)c2)C1. The lowest BCUT2D eigenvalue weighted by Gasteiger charge is -2.45. The molecule has 0 unspecified atom stereocenters. The van der Waals surface area contributed by atoms with Gasteiger partial charge in [0.1, 0.15) is 6.26 Å². The van der Waals surface area contributed by atoms with Crippen LogP contribution in [0.2, 0.25) is 5.02 Å². The van der Waals surface area contributed by atoms with E-state index >= 15 is 0 Å². The van der Waals surface area contributed by atoms with Crippen LogP contribution in [0.15, 0.2) is 41.3 Å². The Morgan fingerprint density at radius 1 is 1.52 bits per heavy atom. The Kier molecular flexibility index (Phi) is 3.72. The van der Waals surface area contributed by atoms with Gasteiger partial charge in [0.2, 0.25) is 5.91 Å². The van der Waals surface area contributed by atoms with Crippen molar-refractivity contribution in [3.63, 3.8) is 0 Å². The number of hydrogen-bond donors (Lipinski definition) is 1. The first-order chi connectivity index (χ1) is 10.1. The van der Waals surface area contributed by atoms with Crippen molar-refractivity contribution in [3.8, 4) is 0 Å². The number of carbonyl (C=O) groups is 1. The van der Waals surface area contributed by atoms with Crippen LogP contribution >= 0.6 is 11.6 Å². The highest BCUT2D eigenvalue weighted by molar-refractivity contribution is 6.30. The van der Waals surface area contributed by atoms with Crippen LogP contribution in [0.25, 0.3) is 0 Å². The molecule has 3 rings (SSSR count). The molecule has 1 aromatic carbocycles. The first-order valence-corrected chi connectivity index (χ1v) is 7.39. The van der Waals surface area contributed by atoms with E-state index in [1.807, 2.05) is 24.3 Å².